The second kappa shape index (κ2) is 9.22. The minimum atomic E-state index is 0.740. The monoisotopic (exact) mass is 571 g/mol. The molecule has 3 heteroatoms. The van der Waals surface area contributed by atoms with E-state index in [0.717, 1.165) is 33.5 Å². The summed E-state index contributed by atoms with van der Waals surface area (Å²) in [6.45, 7) is 0. The molecule has 0 unspecified atom stereocenters. The molecule has 0 fully saturated rings. The molecule has 3 heterocycles. The van der Waals surface area contributed by atoms with Gasteiger partial charge in [0.05, 0.1) is 27.8 Å². The van der Waals surface area contributed by atoms with Crippen molar-refractivity contribution in [1.29, 1.82) is 0 Å². The molecule has 0 bridgehead atoms. The first-order valence-electron chi connectivity index (χ1n) is 15.3. The highest BCUT2D eigenvalue weighted by atomic mass is 14.9. The van der Waals surface area contributed by atoms with Gasteiger partial charge in [0.1, 0.15) is 0 Å². The van der Waals surface area contributed by atoms with E-state index in [9.17, 15) is 0 Å². The van der Waals surface area contributed by atoms with Crippen molar-refractivity contribution in [3.63, 3.8) is 0 Å². The van der Waals surface area contributed by atoms with Gasteiger partial charge in [0.15, 0.2) is 5.82 Å². The first kappa shape index (κ1) is 24.4. The van der Waals surface area contributed by atoms with Crippen LogP contribution in [0.2, 0.25) is 0 Å². The number of hydrogen-bond acceptors (Lipinski definition) is 2. The Bertz CT molecular complexity index is 2740. The van der Waals surface area contributed by atoms with Crippen LogP contribution in [0, 0.1) is 0 Å². The molecule has 0 aliphatic carbocycles. The molecule has 0 N–H and O–H groups in total. The zero-order valence-corrected chi connectivity index (χ0v) is 24.3. The Balaban J connectivity index is 1.16. The third-order valence-corrected chi connectivity index (χ3v) is 9.33. The van der Waals surface area contributed by atoms with Crippen LogP contribution in [0.4, 0.5) is 0 Å². The predicted molar refractivity (Wildman–Crippen MR) is 188 cm³/mol. The Morgan fingerprint density at radius 2 is 1.09 bits per heavy atom. The first-order valence-corrected chi connectivity index (χ1v) is 15.3. The molecule has 0 saturated heterocycles. The number of aromatic nitrogens is 3. The van der Waals surface area contributed by atoms with Crippen molar-refractivity contribution in [2.45, 2.75) is 0 Å². The standard InChI is InChI=1S/C42H25N3/c1-2-9-29(10-3-1)42-43-36-15-6-4-13-35(36)40(44-42)28-19-17-26(18-20-28)30-22-23-32-34-24-21-27-11-8-14-33-31-12-5-7-16-37(31)45(38(32)25-30)41(34)39(27)33/h1-25H. The fourth-order valence-corrected chi connectivity index (χ4v) is 7.26. The van der Waals surface area contributed by atoms with Crippen molar-refractivity contribution >= 4 is 59.8 Å². The molecule has 208 valence electrons. The molecule has 0 amide bonds. The quantitative estimate of drug-likeness (QED) is 0.156. The maximum absolute atomic E-state index is 5.07. The van der Waals surface area contributed by atoms with E-state index in [-0.39, 0.29) is 0 Å². The van der Waals surface area contributed by atoms with Gasteiger partial charge in [0, 0.05) is 38.1 Å². The lowest BCUT2D eigenvalue weighted by atomic mass is 9.98. The summed E-state index contributed by atoms with van der Waals surface area (Å²) in [5.41, 5.74) is 10.1. The van der Waals surface area contributed by atoms with Gasteiger partial charge in [-0.15, -0.1) is 0 Å². The van der Waals surface area contributed by atoms with Crippen LogP contribution >= 0.6 is 0 Å². The highest BCUT2D eigenvalue weighted by Crippen LogP contribution is 2.42. The number of fused-ring (bicyclic) bond motifs is 7. The van der Waals surface area contributed by atoms with E-state index in [0.29, 0.717) is 0 Å². The highest BCUT2D eigenvalue weighted by Gasteiger charge is 2.18. The Morgan fingerprint density at radius 3 is 1.98 bits per heavy atom. The maximum atomic E-state index is 5.07. The summed E-state index contributed by atoms with van der Waals surface area (Å²) in [6, 6.07) is 54.2. The second-order valence-electron chi connectivity index (χ2n) is 11.8. The van der Waals surface area contributed by atoms with Crippen molar-refractivity contribution in [3.05, 3.63) is 152 Å². The summed E-state index contributed by atoms with van der Waals surface area (Å²) in [5.74, 6) is 0.740. The Hall–Kier alpha value is -6.06. The third kappa shape index (κ3) is 3.52. The third-order valence-electron chi connectivity index (χ3n) is 9.33. The van der Waals surface area contributed by atoms with E-state index in [1.165, 1.54) is 60.0 Å². The van der Waals surface area contributed by atoms with E-state index in [1.807, 2.05) is 24.3 Å². The van der Waals surface area contributed by atoms with E-state index >= 15 is 0 Å². The van der Waals surface area contributed by atoms with Gasteiger partial charge >= 0.3 is 0 Å². The van der Waals surface area contributed by atoms with Gasteiger partial charge in [-0.3, -0.25) is 0 Å². The highest BCUT2D eigenvalue weighted by molar-refractivity contribution is 6.28. The molecule has 0 atom stereocenters. The van der Waals surface area contributed by atoms with Gasteiger partial charge in [-0.05, 0) is 40.1 Å². The number of para-hydroxylation sites is 2. The number of nitrogens with zero attached hydrogens (tertiary/aromatic N) is 3. The van der Waals surface area contributed by atoms with Crippen LogP contribution < -0.4 is 0 Å². The molecular formula is C42H25N3. The fourth-order valence-electron chi connectivity index (χ4n) is 7.26. The van der Waals surface area contributed by atoms with E-state index < -0.39 is 0 Å². The van der Waals surface area contributed by atoms with Crippen LogP contribution in [-0.2, 0) is 0 Å². The minimum Gasteiger partial charge on any atom is -0.308 e. The van der Waals surface area contributed by atoms with E-state index in [4.69, 9.17) is 9.97 Å². The summed E-state index contributed by atoms with van der Waals surface area (Å²) in [6.07, 6.45) is 0. The molecule has 0 aliphatic rings. The topological polar surface area (TPSA) is 30.2 Å². The Morgan fingerprint density at radius 1 is 0.400 bits per heavy atom. The lowest BCUT2D eigenvalue weighted by molar-refractivity contribution is 1.23. The maximum Gasteiger partial charge on any atom is 0.160 e. The molecule has 3 aromatic heterocycles. The molecule has 0 aliphatic heterocycles. The first-order chi connectivity index (χ1) is 22.3. The van der Waals surface area contributed by atoms with Crippen molar-refractivity contribution in [2.24, 2.45) is 0 Å². The zero-order valence-electron chi connectivity index (χ0n) is 24.3. The van der Waals surface area contributed by atoms with Crippen molar-refractivity contribution < 1.29 is 0 Å². The Labute approximate surface area is 259 Å². The summed E-state index contributed by atoms with van der Waals surface area (Å²) in [4.78, 5) is 9.95. The zero-order chi connectivity index (χ0) is 29.5. The van der Waals surface area contributed by atoms with Crippen LogP contribution in [0.1, 0.15) is 0 Å². The summed E-state index contributed by atoms with van der Waals surface area (Å²) in [5, 5.41) is 8.83. The lowest BCUT2D eigenvalue weighted by Crippen LogP contribution is -1.95. The second-order valence-corrected chi connectivity index (χ2v) is 11.8. The van der Waals surface area contributed by atoms with E-state index in [2.05, 4.69) is 132 Å². The molecule has 0 spiro atoms. The normalized spacial score (nSPS) is 12.0. The molecule has 3 nitrogen and oxygen atoms in total. The van der Waals surface area contributed by atoms with Crippen molar-refractivity contribution in [3.8, 4) is 33.8 Å². The predicted octanol–water partition coefficient (Wildman–Crippen LogP) is 10.9. The Kier molecular flexibility index (Phi) is 5.00. The van der Waals surface area contributed by atoms with Crippen LogP contribution in [0.15, 0.2) is 152 Å². The van der Waals surface area contributed by atoms with Gasteiger partial charge in [-0.25, -0.2) is 9.97 Å². The smallest absolute Gasteiger partial charge is 0.160 e. The van der Waals surface area contributed by atoms with Gasteiger partial charge in [-0.2, -0.15) is 0 Å². The van der Waals surface area contributed by atoms with Gasteiger partial charge < -0.3 is 4.40 Å². The number of benzene rings is 7. The lowest BCUT2D eigenvalue weighted by Gasteiger charge is -2.12. The number of pyridine rings is 1. The minimum absolute atomic E-state index is 0.740. The SMILES string of the molecule is c1ccc(-c2nc(-c3ccc(-c4ccc5c6ccc7cccc8c9ccccc9n(c5c4)c6c78)cc3)c3ccccc3n2)cc1. The summed E-state index contributed by atoms with van der Waals surface area (Å²) >= 11 is 0. The molecule has 10 aromatic rings. The number of hydrogen-bond donors (Lipinski definition) is 0. The van der Waals surface area contributed by atoms with Crippen molar-refractivity contribution in [1.82, 2.24) is 14.4 Å². The molecule has 45 heavy (non-hydrogen) atoms. The van der Waals surface area contributed by atoms with Crippen LogP contribution in [0.25, 0.3) is 93.5 Å². The molecule has 7 aromatic carbocycles. The van der Waals surface area contributed by atoms with E-state index in [1.54, 1.807) is 0 Å². The molecular weight excluding hydrogens is 546 g/mol. The molecule has 0 saturated carbocycles. The summed E-state index contributed by atoms with van der Waals surface area (Å²) in [7, 11) is 0. The average Bonchev–Trinajstić information content (AvgIpc) is 3.46. The number of rotatable bonds is 3. The average molecular weight is 572 g/mol. The van der Waals surface area contributed by atoms with Crippen LogP contribution in [0.5, 0.6) is 0 Å². The molecule has 0 radical (unpaired) electrons. The van der Waals surface area contributed by atoms with Gasteiger partial charge in [0.25, 0.3) is 0 Å². The van der Waals surface area contributed by atoms with Crippen LogP contribution in [-0.4, -0.2) is 14.4 Å². The van der Waals surface area contributed by atoms with Crippen molar-refractivity contribution in [2.75, 3.05) is 0 Å². The molecule has 10 rings (SSSR count). The van der Waals surface area contributed by atoms with Gasteiger partial charge in [0.2, 0.25) is 0 Å². The van der Waals surface area contributed by atoms with Gasteiger partial charge in [-0.1, -0.05) is 133 Å². The largest absolute Gasteiger partial charge is 0.308 e. The van der Waals surface area contributed by atoms with Crippen LogP contribution in [0.3, 0.4) is 0 Å². The summed E-state index contributed by atoms with van der Waals surface area (Å²) < 4.78 is 2.48. The fraction of sp³-hybridized carbons (Fsp3) is 0.